The van der Waals surface area contributed by atoms with Gasteiger partial charge in [0.25, 0.3) is 0 Å². The number of Topliss-reactive ketones (excluding diaryl/α,β-unsaturated/α-hetero) is 1. The van der Waals surface area contributed by atoms with Gasteiger partial charge in [-0.05, 0) is 25.5 Å². The minimum atomic E-state index is -0.419. The first-order valence-corrected chi connectivity index (χ1v) is 4.86. The van der Waals surface area contributed by atoms with Crippen molar-refractivity contribution in [3.05, 3.63) is 28.0 Å². The van der Waals surface area contributed by atoms with Crippen LogP contribution in [-0.2, 0) is 11.2 Å². The molecule has 0 saturated carbocycles. The molecule has 0 aliphatic rings. The quantitative estimate of drug-likeness (QED) is 0.798. The van der Waals surface area contributed by atoms with E-state index in [-0.39, 0.29) is 17.2 Å². The predicted molar refractivity (Wildman–Crippen MR) is 57.1 cm³/mol. The monoisotopic (exact) mass is 230 g/mol. The largest absolute Gasteiger partial charge is 0.495 e. The number of rotatable bonds is 3. The number of carbonyl (C=O) groups excluding carboxylic acids is 1. The lowest BCUT2D eigenvalue weighted by atomic mass is 10.0. The van der Waals surface area contributed by atoms with Gasteiger partial charge in [0, 0.05) is 12.0 Å². The van der Waals surface area contributed by atoms with Gasteiger partial charge < -0.3 is 4.74 Å². The molecule has 82 valence electrons. The summed E-state index contributed by atoms with van der Waals surface area (Å²) in [6.07, 6.45) is 0.131. The summed E-state index contributed by atoms with van der Waals surface area (Å²) >= 11 is 5.81. The summed E-state index contributed by atoms with van der Waals surface area (Å²) in [4.78, 5) is 11.0. The number of benzene rings is 1. The van der Waals surface area contributed by atoms with Crippen molar-refractivity contribution < 1.29 is 13.9 Å². The first-order valence-electron chi connectivity index (χ1n) is 4.48. The summed E-state index contributed by atoms with van der Waals surface area (Å²) in [5, 5.41) is 0.192. The van der Waals surface area contributed by atoms with E-state index < -0.39 is 5.82 Å². The van der Waals surface area contributed by atoms with E-state index in [1.807, 2.05) is 0 Å². The summed E-state index contributed by atoms with van der Waals surface area (Å²) in [5.41, 5.74) is 0.932. The molecule has 0 spiro atoms. The average Bonchev–Trinajstić information content (AvgIpc) is 2.13. The Morgan fingerprint density at radius 2 is 2.20 bits per heavy atom. The third-order valence-corrected chi connectivity index (χ3v) is 2.47. The van der Waals surface area contributed by atoms with Crippen LogP contribution in [0.3, 0.4) is 0 Å². The molecular formula is C11H12ClFO2. The van der Waals surface area contributed by atoms with Crippen LogP contribution in [0.2, 0.25) is 5.02 Å². The van der Waals surface area contributed by atoms with E-state index in [2.05, 4.69) is 0 Å². The number of hydrogen-bond donors (Lipinski definition) is 0. The van der Waals surface area contributed by atoms with Crippen LogP contribution in [0.25, 0.3) is 0 Å². The standard InChI is InChI=1S/C11H12ClFO2/c1-6(14)4-8-7(2)10(13)5-9(12)11(8)15-3/h5H,4H2,1-3H3. The predicted octanol–water partition coefficient (Wildman–Crippen LogP) is 2.93. The average molecular weight is 231 g/mol. The molecule has 1 aromatic rings. The maximum absolute atomic E-state index is 13.4. The lowest BCUT2D eigenvalue weighted by molar-refractivity contribution is -0.116. The number of ether oxygens (including phenoxy) is 1. The zero-order chi connectivity index (χ0) is 11.6. The van der Waals surface area contributed by atoms with Crippen molar-refractivity contribution >= 4 is 17.4 Å². The van der Waals surface area contributed by atoms with Gasteiger partial charge in [-0.3, -0.25) is 4.79 Å². The molecule has 0 heterocycles. The summed E-state index contributed by atoms with van der Waals surface area (Å²) in [5.74, 6) is -0.0964. The van der Waals surface area contributed by atoms with Crippen LogP contribution < -0.4 is 4.74 Å². The van der Waals surface area contributed by atoms with Crippen molar-refractivity contribution in [3.63, 3.8) is 0 Å². The van der Waals surface area contributed by atoms with Crippen LogP contribution >= 0.6 is 11.6 Å². The third kappa shape index (κ3) is 2.48. The Bertz CT molecular complexity index is 402. The summed E-state index contributed by atoms with van der Waals surface area (Å²) in [7, 11) is 1.45. The Kier molecular flexibility index (Phi) is 3.69. The van der Waals surface area contributed by atoms with Crippen LogP contribution in [0, 0.1) is 12.7 Å². The Hall–Kier alpha value is -1.09. The Labute approximate surface area is 93.0 Å². The molecule has 0 fully saturated rings. The van der Waals surface area contributed by atoms with Gasteiger partial charge in [-0.25, -0.2) is 4.39 Å². The van der Waals surface area contributed by atoms with E-state index in [0.29, 0.717) is 16.9 Å². The smallest absolute Gasteiger partial charge is 0.141 e. The van der Waals surface area contributed by atoms with E-state index in [1.54, 1.807) is 6.92 Å². The van der Waals surface area contributed by atoms with Gasteiger partial charge in [0.2, 0.25) is 0 Å². The fourth-order valence-electron chi connectivity index (χ4n) is 1.43. The molecule has 1 rings (SSSR count). The molecule has 0 saturated heterocycles. The van der Waals surface area contributed by atoms with Gasteiger partial charge in [-0.1, -0.05) is 11.6 Å². The third-order valence-electron chi connectivity index (χ3n) is 2.19. The van der Waals surface area contributed by atoms with Crippen LogP contribution in [0.1, 0.15) is 18.1 Å². The topological polar surface area (TPSA) is 26.3 Å². The first-order chi connectivity index (χ1) is 6.97. The Balaban J connectivity index is 3.36. The van der Waals surface area contributed by atoms with E-state index in [1.165, 1.54) is 20.1 Å². The van der Waals surface area contributed by atoms with Crippen molar-refractivity contribution in [1.82, 2.24) is 0 Å². The molecule has 0 aromatic heterocycles. The highest BCUT2D eigenvalue weighted by Crippen LogP contribution is 2.33. The van der Waals surface area contributed by atoms with Crippen LogP contribution in [-0.4, -0.2) is 12.9 Å². The summed E-state index contributed by atoms with van der Waals surface area (Å²) in [6, 6.07) is 1.19. The molecule has 0 aliphatic heterocycles. The van der Waals surface area contributed by atoms with Crippen molar-refractivity contribution in [2.24, 2.45) is 0 Å². The number of ketones is 1. The lowest BCUT2D eigenvalue weighted by Crippen LogP contribution is -2.04. The summed E-state index contributed by atoms with van der Waals surface area (Å²) in [6.45, 7) is 3.05. The zero-order valence-electron chi connectivity index (χ0n) is 8.86. The van der Waals surface area contributed by atoms with E-state index in [9.17, 15) is 9.18 Å². The highest BCUT2D eigenvalue weighted by molar-refractivity contribution is 6.32. The van der Waals surface area contributed by atoms with Crippen molar-refractivity contribution in [3.8, 4) is 5.75 Å². The molecule has 0 amide bonds. The molecule has 0 unspecified atom stereocenters. The molecule has 4 heteroatoms. The molecule has 0 radical (unpaired) electrons. The van der Waals surface area contributed by atoms with E-state index in [0.717, 1.165) is 0 Å². The van der Waals surface area contributed by atoms with Gasteiger partial charge in [0.15, 0.2) is 0 Å². The second kappa shape index (κ2) is 4.62. The molecular weight excluding hydrogens is 219 g/mol. The molecule has 2 nitrogen and oxygen atoms in total. The van der Waals surface area contributed by atoms with Gasteiger partial charge in [0.1, 0.15) is 17.3 Å². The van der Waals surface area contributed by atoms with Crippen molar-refractivity contribution in [2.45, 2.75) is 20.3 Å². The van der Waals surface area contributed by atoms with Gasteiger partial charge >= 0.3 is 0 Å². The Morgan fingerprint density at radius 1 is 1.60 bits per heavy atom. The molecule has 0 bridgehead atoms. The van der Waals surface area contributed by atoms with Gasteiger partial charge in [0.05, 0.1) is 12.1 Å². The van der Waals surface area contributed by atoms with Crippen LogP contribution in [0.4, 0.5) is 4.39 Å². The minimum Gasteiger partial charge on any atom is -0.495 e. The summed E-state index contributed by atoms with van der Waals surface area (Å²) < 4.78 is 18.4. The number of methoxy groups -OCH3 is 1. The first kappa shape index (κ1) is 12.0. The lowest BCUT2D eigenvalue weighted by Gasteiger charge is -2.12. The minimum absolute atomic E-state index is 0.0573. The molecule has 0 N–H and O–H groups in total. The van der Waals surface area contributed by atoms with Crippen LogP contribution in [0.15, 0.2) is 6.07 Å². The second-order valence-corrected chi connectivity index (χ2v) is 3.76. The number of hydrogen-bond acceptors (Lipinski definition) is 2. The van der Waals surface area contributed by atoms with E-state index in [4.69, 9.17) is 16.3 Å². The van der Waals surface area contributed by atoms with Crippen molar-refractivity contribution in [1.29, 1.82) is 0 Å². The maximum atomic E-state index is 13.4. The highest BCUT2D eigenvalue weighted by Gasteiger charge is 2.16. The fourth-order valence-corrected chi connectivity index (χ4v) is 1.71. The second-order valence-electron chi connectivity index (χ2n) is 3.36. The van der Waals surface area contributed by atoms with Crippen molar-refractivity contribution in [2.75, 3.05) is 7.11 Å². The molecule has 0 aliphatic carbocycles. The highest BCUT2D eigenvalue weighted by atomic mass is 35.5. The SMILES string of the molecule is COc1c(Cl)cc(F)c(C)c1CC(C)=O. The maximum Gasteiger partial charge on any atom is 0.141 e. The Morgan fingerprint density at radius 3 is 2.67 bits per heavy atom. The van der Waals surface area contributed by atoms with Gasteiger partial charge in [-0.15, -0.1) is 0 Å². The molecule has 15 heavy (non-hydrogen) atoms. The van der Waals surface area contributed by atoms with Gasteiger partial charge in [-0.2, -0.15) is 0 Å². The number of halogens is 2. The molecule has 1 aromatic carbocycles. The normalized spacial score (nSPS) is 10.2. The fraction of sp³-hybridized carbons (Fsp3) is 0.364. The van der Waals surface area contributed by atoms with Crippen LogP contribution in [0.5, 0.6) is 5.75 Å². The van der Waals surface area contributed by atoms with E-state index >= 15 is 0 Å². The number of carbonyl (C=O) groups is 1. The zero-order valence-corrected chi connectivity index (χ0v) is 9.61. The molecule has 0 atom stereocenters.